The third-order valence-electron chi connectivity index (χ3n) is 6.08. The second kappa shape index (κ2) is 13.0. The highest BCUT2D eigenvalue weighted by Crippen LogP contribution is 2.39. The molecule has 0 aliphatic carbocycles. The standard InChI is InChI=1S/C26H24F3N5O3.C2H6.FH.H2/c1-26(28,29)25(37)32-21-12-23(36)34(24(21)15-3-5-17(27)6-4-15)19-8-9-20(16(11-19)13-30)31-18-7-10-22(35)33(2)14-18;1-2;;/h3-11,13-14,21,24,30-31H,12H2,1-2H3,(H,32,37);1-2H3;2*1H/t21-,24+;;;/m1.../s1. The number of aryl methyl sites for hydroxylation is 1. The van der Waals surface area contributed by atoms with Crippen molar-refractivity contribution in [2.45, 2.75) is 45.2 Å². The van der Waals surface area contributed by atoms with E-state index in [1.807, 2.05) is 13.8 Å². The second-order valence-electron chi connectivity index (χ2n) is 8.84. The first-order valence-corrected chi connectivity index (χ1v) is 12.3. The molecule has 1 aromatic heterocycles. The molecule has 8 nitrogen and oxygen atoms in total. The van der Waals surface area contributed by atoms with Gasteiger partial charge in [0.2, 0.25) is 11.5 Å². The Bertz CT molecular complexity index is 1430. The van der Waals surface area contributed by atoms with Crippen molar-refractivity contribution in [3.8, 4) is 0 Å². The number of benzene rings is 2. The van der Waals surface area contributed by atoms with E-state index >= 15 is 0 Å². The summed E-state index contributed by atoms with van der Waals surface area (Å²) in [5.74, 6) is -6.11. The van der Waals surface area contributed by atoms with Crippen molar-refractivity contribution in [3.63, 3.8) is 0 Å². The van der Waals surface area contributed by atoms with Crippen LogP contribution >= 0.6 is 0 Å². The number of nitrogens with zero attached hydrogens (tertiary/aromatic N) is 2. The maximum atomic E-state index is 13.6. The Balaban J connectivity index is 0.00000206. The summed E-state index contributed by atoms with van der Waals surface area (Å²) in [5.41, 5.74) is 2.16. The van der Waals surface area contributed by atoms with Gasteiger partial charge in [-0.25, -0.2) is 4.39 Å². The molecule has 2 aromatic carbocycles. The van der Waals surface area contributed by atoms with Crippen LogP contribution in [0, 0.1) is 11.2 Å². The van der Waals surface area contributed by atoms with E-state index in [0.29, 0.717) is 35.1 Å². The van der Waals surface area contributed by atoms with Crippen molar-refractivity contribution in [1.29, 1.82) is 5.41 Å². The SMILES string of the molecule is CC.Cn1cc(Nc2ccc(N3C(=O)C[C@@H](NC(=O)C(C)(F)F)[C@@H]3c3ccc(F)cc3)cc2C=N)ccc1=O.F.[HH]. The molecule has 2 heterocycles. The molecule has 0 radical (unpaired) electrons. The normalized spacial score (nSPS) is 16.4. The maximum Gasteiger partial charge on any atom is 0.321 e. The molecule has 3 N–H and O–H groups in total. The molecule has 1 fully saturated rings. The summed E-state index contributed by atoms with van der Waals surface area (Å²) in [6.07, 6.45) is 2.43. The summed E-state index contributed by atoms with van der Waals surface area (Å²) in [5, 5.41) is 13.3. The molecule has 0 bridgehead atoms. The minimum atomic E-state index is -3.65. The Kier molecular flexibility index (Phi) is 10.4. The first-order chi connectivity index (χ1) is 18.5. The number of hydrogen-bond acceptors (Lipinski definition) is 5. The summed E-state index contributed by atoms with van der Waals surface area (Å²) >= 11 is 0. The van der Waals surface area contributed by atoms with Crippen molar-refractivity contribution in [1.82, 2.24) is 9.88 Å². The highest BCUT2D eigenvalue weighted by Gasteiger charge is 2.45. The summed E-state index contributed by atoms with van der Waals surface area (Å²) < 4.78 is 42.3. The molecule has 1 aliphatic heterocycles. The van der Waals surface area contributed by atoms with Crippen LogP contribution in [0.3, 0.4) is 0 Å². The largest absolute Gasteiger partial charge is 0.354 e. The van der Waals surface area contributed by atoms with Crippen LogP contribution < -0.4 is 21.1 Å². The number of carbonyl (C=O) groups is 2. The fourth-order valence-corrected chi connectivity index (χ4v) is 4.26. The van der Waals surface area contributed by atoms with Crippen molar-refractivity contribution >= 4 is 35.1 Å². The second-order valence-corrected chi connectivity index (χ2v) is 8.84. The van der Waals surface area contributed by atoms with Gasteiger partial charge in [0.25, 0.3) is 5.91 Å². The summed E-state index contributed by atoms with van der Waals surface area (Å²) in [4.78, 5) is 38.2. The van der Waals surface area contributed by atoms with E-state index in [0.717, 1.165) is 6.21 Å². The topological polar surface area (TPSA) is 107 Å². The van der Waals surface area contributed by atoms with Gasteiger partial charge in [0.1, 0.15) is 5.82 Å². The quantitative estimate of drug-likeness (QED) is 0.268. The molecular weight excluding hydrogens is 530 g/mol. The summed E-state index contributed by atoms with van der Waals surface area (Å²) in [6, 6.07) is 11.2. The molecule has 4 rings (SSSR count). The van der Waals surface area contributed by atoms with Crippen LogP contribution in [0.25, 0.3) is 0 Å². The van der Waals surface area contributed by atoms with E-state index in [1.54, 1.807) is 37.5 Å². The van der Waals surface area contributed by atoms with Crippen molar-refractivity contribution in [2.75, 3.05) is 10.2 Å². The van der Waals surface area contributed by atoms with Crippen LogP contribution in [0.15, 0.2) is 65.6 Å². The molecule has 0 spiro atoms. The lowest BCUT2D eigenvalue weighted by Crippen LogP contribution is -2.46. The number of aromatic nitrogens is 1. The monoisotopic (exact) mass is 563 g/mol. The smallest absolute Gasteiger partial charge is 0.321 e. The van der Waals surface area contributed by atoms with E-state index in [1.165, 1.54) is 39.8 Å². The molecule has 12 heteroatoms. The number of carbonyl (C=O) groups excluding carboxylic acids is 2. The number of halogens is 4. The van der Waals surface area contributed by atoms with E-state index < -0.39 is 35.6 Å². The van der Waals surface area contributed by atoms with Crippen LogP contribution in [-0.4, -0.2) is 34.6 Å². The Hall–Kier alpha value is -4.48. The number of anilines is 3. The van der Waals surface area contributed by atoms with Crippen LogP contribution in [0.2, 0.25) is 0 Å². The fraction of sp³-hybridized carbons (Fsp3) is 0.286. The van der Waals surface area contributed by atoms with Crippen LogP contribution in [0.5, 0.6) is 0 Å². The molecule has 1 saturated heterocycles. The van der Waals surface area contributed by atoms with Crippen molar-refractivity contribution in [2.24, 2.45) is 7.05 Å². The van der Waals surface area contributed by atoms with Crippen LogP contribution in [0.4, 0.5) is 34.9 Å². The minimum absolute atomic E-state index is 0. The van der Waals surface area contributed by atoms with Gasteiger partial charge in [0, 0.05) is 57.2 Å². The minimum Gasteiger partial charge on any atom is -0.354 e. The molecule has 3 aromatic rings. The first-order valence-electron chi connectivity index (χ1n) is 12.3. The lowest BCUT2D eigenvalue weighted by Gasteiger charge is -2.30. The first kappa shape index (κ1) is 31.7. The summed E-state index contributed by atoms with van der Waals surface area (Å²) in [7, 11) is 1.60. The number of hydrogen-bond donors (Lipinski definition) is 3. The average Bonchev–Trinajstić information content (AvgIpc) is 3.22. The Morgan fingerprint density at radius 1 is 1.10 bits per heavy atom. The van der Waals surface area contributed by atoms with E-state index in [2.05, 4.69) is 10.6 Å². The zero-order chi connectivity index (χ0) is 28.9. The predicted molar refractivity (Wildman–Crippen MR) is 149 cm³/mol. The third-order valence-corrected chi connectivity index (χ3v) is 6.08. The Morgan fingerprint density at radius 3 is 2.33 bits per heavy atom. The molecular formula is C28H33F4N5O3. The van der Waals surface area contributed by atoms with Crippen LogP contribution in [-0.2, 0) is 16.6 Å². The van der Waals surface area contributed by atoms with Gasteiger partial charge in [0.05, 0.1) is 17.8 Å². The average molecular weight is 564 g/mol. The van der Waals surface area contributed by atoms with E-state index in [-0.39, 0.29) is 18.1 Å². The Labute approximate surface area is 230 Å². The molecule has 2 atom stereocenters. The van der Waals surface area contributed by atoms with Gasteiger partial charge in [-0.15, -0.1) is 0 Å². The number of alkyl halides is 2. The molecule has 40 heavy (non-hydrogen) atoms. The number of pyridine rings is 1. The van der Waals surface area contributed by atoms with Gasteiger partial charge in [-0.1, -0.05) is 26.0 Å². The van der Waals surface area contributed by atoms with Crippen molar-refractivity contribution in [3.05, 3.63) is 88.1 Å². The lowest BCUT2D eigenvalue weighted by molar-refractivity contribution is -0.143. The van der Waals surface area contributed by atoms with Gasteiger partial charge in [-0.05, 0) is 42.0 Å². The third kappa shape index (κ3) is 6.93. The Morgan fingerprint density at radius 2 is 1.75 bits per heavy atom. The fourth-order valence-electron chi connectivity index (χ4n) is 4.26. The molecule has 0 saturated carbocycles. The zero-order valence-corrected chi connectivity index (χ0v) is 22.4. The highest BCUT2D eigenvalue weighted by molar-refractivity contribution is 6.00. The van der Waals surface area contributed by atoms with Gasteiger partial charge < -0.3 is 25.5 Å². The zero-order valence-electron chi connectivity index (χ0n) is 22.4. The van der Waals surface area contributed by atoms with Gasteiger partial charge in [-0.2, -0.15) is 8.78 Å². The van der Waals surface area contributed by atoms with E-state index in [4.69, 9.17) is 5.41 Å². The predicted octanol–water partition coefficient (Wildman–Crippen LogP) is 5.31. The number of amides is 2. The van der Waals surface area contributed by atoms with Crippen molar-refractivity contribution < 1.29 is 28.9 Å². The van der Waals surface area contributed by atoms with E-state index in [9.17, 15) is 27.6 Å². The van der Waals surface area contributed by atoms with Gasteiger partial charge in [-0.3, -0.25) is 19.1 Å². The summed E-state index contributed by atoms with van der Waals surface area (Å²) in [6.45, 7) is 4.47. The molecule has 2 amide bonds. The number of rotatable bonds is 7. The van der Waals surface area contributed by atoms with Crippen LogP contribution in [0.1, 0.15) is 45.8 Å². The molecule has 0 unspecified atom stereocenters. The number of nitrogens with one attached hydrogen (secondary N) is 3. The highest BCUT2D eigenvalue weighted by atomic mass is 19.3. The van der Waals surface area contributed by atoms with Gasteiger partial charge >= 0.3 is 5.92 Å². The lowest BCUT2D eigenvalue weighted by atomic mass is 9.99. The molecule has 1 aliphatic rings. The molecule has 216 valence electrons. The maximum absolute atomic E-state index is 13.6. The van der Waals surface area contributed by atoms with Gasteiger partial charge in [0.15, 0.2) is 0 Å².